The van der Waals surface area contributed by atoms with Gasteiger partial charge < -0.3 is 18.9 Å². The number of carbonyl (C=O) groups is 1. The second kappa shape index (κ2) is 10.4. The van der Waals surface area contributed by atoms with E-state index in [0.29, 0.717) is 43.4 Å². The van der Waals surface area contributed by atoms with Crippen molar-refractivity contribution in [3.63, 3.8) is 0 Å². The molecule has 0 amide bonds. The third-order valence-electron chi connectivity index (χ3n) is 6.78. The lowest BCUT2D eigenvalue weighted by atomic mass is 10.0. The van der Waals surface area contributed by atoms with Crippen LogP contribution in [0.2, 0.25) is 0 Å². The van der Waals surface area contributed by atoms with Crippen molar-refractivity contribution in [1.29, 1.82) is 5.41 Å². The van der Waals surface area contributed by atoms with Gasteiger partial charge in [-0.05, 0) is 32.9 Å². The fraction of sp³-hybridized carbons (Fsp3) is 0.500. The van der Waals surface area contributed by atoms with E-state index in [9.17, 15) is 4.79 Å². The number of morpholine rings is 1. The number of benzene rings is 1. The van der Waals surface area contributed by atoms with E-state index in [1.54, 1.807) is 20.8 Å². The minimum absolute atomic E-state index is 0.0814. The Labute approximate surface area is 227 Å². The number of para-hydroxylation sites is 2. The summed E-state index contributed by atoms with van der Waals surface area (Å²) in [5.74, 6) is 2.07. The molecule has 1 saturated heterocycles. The molecule has 1 fully saturated rings. The number of ether oxygens (including phenoxy) is 2. The number of hydrogen-bond donors (Lipinski definition) is 1. The second-order valence-electron chi connectivity index (χ2n) is 10.9. The van der Waals surface area contributed by atoms with Gasteiger partial charge in [0.15, 0.2) is 17.0 Å². The first-order chi connectivity index (χ1) is 18.6. The molecule has 11 heteroatoms. The fourth-order valence-corrected chi connectivity index (χ4v) is 4.95. The summed E-state index contributed by atoms with van der Waals surface area (Å²) in [6.45, 7) is 12.0. The zero-order valence-electron chi connectivity index (χ0n) is 23.5. The number of anilines is 1. The first-order valence-corrected chi connectivity index (χ1v) is 13.4. The summed E-state index contributed by atoms with van der Waals surface area (Å²) < 4.78 is 15.0. The van der Waals surface area contributed by atoms with Crippen LogP contribution in [0, 0.1) is 5.41 Å². The molecule has 1 atom stereocenters. The number of nitrogens with one attached hydrogen (secondary N) is 1. The topological polar surface area (TPSA) is 124 Å². The highest BCUT2D eigenvalue weighted by atomic mass is 16.6. The van der Waals surface area contributed by atoms with Gasteiger partial charge in [0, 0.05) is 38.9 Å². The predicted molar refractivity (Wildman–Crippen MR) is 150 cm³/mol. The summed E-state index contributed by atoms with van der Waals surface area (Å²) in [6, 6.07) is 8.00. The highest BCUT2D eigenvalue weighted by molar-refractivity contribution is 6.35. The molecule has 1 aliphatic heterocycles. The molecule has 0 aliphatic carbocycles. The normalized spacial score (nSPS) is 15.2. The number of hydrogen-bond acceptors (Lipinski definition) is 9. The van der Waals surface area contributed by atoms with Gasteiger partial charge in [0.05, 0.1) is 24.2 Å². The maximum Gasteiger partial charge on any atom is 0.352 e. The lowest BCUT2D eigenvalue weighted by Crippen LogP contribution is -2.37. The Bertz CT molecular complexity index is 1540. The molecule has 4 heterocycles. The summed E-state index contributed by atoms with van der Waals surface area (Å²) in [6.07, 6.45) is 0.925. The van der Waals surface area contributed by atoms with Gasteiger partial charge >= 0.3 is 5.97 Å². The van der Waals surface area contributed by atoms with Crippen molar-refractivity contribution in [2.75, 3.05) is 31.2 Å². The average molecular weight is 533 g/mol. The summed E-state index contributed by atoms with van der Waals surface area (Å²) in [4.78, 5) is 34.5. The molecule has 0 saturated carbocycles. The quantitative estimate of drug-likeness (QED) is 0.280. The van der Waals surface area contributed by atoms with Crippen LogP contribution in [0.4, 0.5) is 5.82 Å². The first kappa shape index (κ1) is 26.7. The van der Waals surface area contributed by atoms with Gasteiger partial charge in [0.2, 0.25) is 5.95 Å². The van der Waals surface area contributed by atoms with Crippen molar-refractivity contribution in [3.8, 4) is 5.95 Å². The molecule has 206 valence electrons. The van der Waals surface area contributed by atoms with Crippen molar-refractivity contribution >= 4 is 39.7 Å². The third kappa shape index (κ3) is 5.23. The Kier molecular flexibility index (Phi) is 7.11. The van der Waals surface area contributed by atoms with Gasteiger partial charge in [-0.25, -0.2) is 14.8 Å². The molecule has 39 heavy (non-hydrogen) atoms. The van der Waals surface area contributed by atoms with Crippen LogP contribution in [0.25, 0.3) is 28.1 Å². The average Bonchev–Trinajstić information content (AvgIpc) is 3.45. The molecular formula is C28H36N8O3. The van der Waals surface area contributed by atoms with Crippen LogP contribution in [0.5, 0.6) is 0 Å². The highest BCUT2D eigenvalue weighted by Gasteiger charge is 2.27. The van der Waals surface area contributed by atoms with Crippen LogP contribution in [-0.4, -0.2) is 72.7 Å². The molecular weight excluding hydrogens is 496 g/mol. The molecule has 1 unspecified atom stereocenters. The molecule has 0 bridgehead atoms. The van der Waals surface area contributed by atoms with E-state index < -0.39 is 11.6 Å². The van der Waals surface area contributed by atoms with E-state index in [2.05, 4.69) is 11.8 Å². The number of carbonyl (C=O) groups excluding carboxylic acids is 1. The first-order valence-electron chi connectivity index (χ1n) is 13.4. The van der Waals surface area contributed by atoms with Crippen LogP contribution >= 0.6 is 0 Å². The molecule has 1 N–H and O–H groups in total. The Morgan fingerprint density at radius 3 is 2.54 bits per heavy atom. The molecule has 1 aliphatic rings. The highest BCUT2D eigenvalue weighted by Crippen LogP contribution is 2.31. The monoisotopic (exact) mass is 532 g/mol. The Morgan fingerprint density at radius 1 is 1.13 bits per heavy atom. The predicted octanol–water partition coefficient (Wildman–Crippen LogP) is 3.96. The lowest BCUT2D eigenvalue weighted by Gasteiger charge is -2.28. The standard InChI is InChI=1S/C28H36N8O3/c1-7-21-30-19-10-8-9-11-20(19)36(21)27-32-24-22(25(33-27)35-12-14-38-15-13-35)31-23(34(24)6)17(2)16-18(29)26(37)39-28(3,4)5/h8-11,17,29H,7,12-16H2,1-6H3. The van der Waals surface area contributed by atoms with Crippen molar-refractivity contribution < 1.29 is 14.3 Å². The van der Waals surface area contributed by atoms with E-state index in [1.807, 2.05) is 47.4 Å². The number of fused-ring (bicyclic) bond motifs is 2. The number of aryl methyl sites for hydroxylation is 2. The molecule has 3 aromatic heterocycles. The number of aromatic nitrogens is 6. The zero-order valence-corrected chi connectivity index (χ0v) is 23.5. The minimum Gasteiger partial charge on any atom is -0.456 e. The van der Waals surface area contributed by atoms with Crippen LogP contribution in [-0.2, 0) is 27.7 Å². The largest absolute Gasteiger partial charge is 0.456 e. The molecule has 0 spiro atoms. The maximum absolute atomic E-state index is 12.5. The van der Waals surface area contributed by atoms with E-state index >= 15 is 0 Å². The molecule has 4 aromatic rings. The number of nitrogens with zero attached hydrogens (tertiary/aromatic N) is 7. The van der Waals surface area contributed by atoms with Crippen molar-refractivity contribution in [2.45, 2.75) is 59.0 Å². The molecule has 5 rings (SSSR count). The molecule has 0 radical (unpaired) electrons. The van der Waals surface area contributed by atoms with Crippen molar-refractivity contribution in [3.05, 3.63) is 35.9 Å². The number of rotatable bonds is 7. The van der Waals surface area contributed by atoms with Crippen molar-refractivity contribution in [2.24, 2.45) is 7.05 Å². The summed E-state index contributed by atoms with van der Waals surface area (Å²) in [5, 5.41) is 8.34. The Morgan fingerprint density at radius 2 is 1.85 bits per heavy atom. The zero-order chi connectivity index (χ0) is 27.9. The van der Waals surface area contributed by atoms with Gasteiger partial charge in [-0.3, -0.25) is 9.98 Å². The maximum atomic E-state index is 12.5. The minimum atomic E-state index is -0.654. The van der Waals surface area contributed by atoms with Crippen LogP contribution in [0.15, 0.2) is 24.3 Å². The summed E-state index contributed by atoms with van der Waals surface area (Å²) in [5.41, 5.74) is 2.48. The van der Waals surface area contributed by atoms with Crippen molar-refractivity contribution in [1.82, 2.24) is 29.1 Å². The second-order valence-corrected chi connectivity index (χ2v) is 10.9. The van der Waals surface area contributed by atoms with Crippen LogP contribution in [0.1, 0.15) is 58.6 Å². The van der Waals surface area contributed by atoms with Gasteiger partial charge in [-0.2, -0.15) is 9.97 Å². The number of esters is 1. The van der Waals surface area contributed by atoms with E-state index in [1.165, 1.54) is 0 Å². The van der Waals surface area contributed by atoms with Gasteiger partial charge in [-0.1, -0.05) is 26.0 Å². The Balaban J connectivity index is 1.61. The van der Waals surface area contributed by atoms with Gasteiger partial charge in [0.1, 0.15) is 23.0 Å². The van der Waals surface area contributed by atoms with Crippen LogP contribution < -0.4 is 4.90 Å². The fourth-order valence-electron chi connectivity index (χ4n) is 4.95. The van der Waals surface area contributed by atoms with Crippen LogP contribution in [0.3, 0.4) is 0 Å². The van der Waals surface area contributed by atoms with E-state index in [0.717, 1.165) is 34.9 Å². The van der Waals surface area contributed by atoms with E-state index in [4.69, 9.17) is 34.8 Å². The molecule has 1 aromatic carbocycles. The molecule has 11 nitrogen and oxygen atoms in total. The SMILES string of the molecule is CCc1nc2ccccc2n1-c1nc(N2CCOCC2)c2nc(C(C)CC(=N)C(=O)OC(C)(C)C)n(C)c2n1. The van der Waals surface area contributed by atoms with E-state index in [-0.39, 0.29) is 18.1 Å². The summed E-state index contributed by atoms with van der Waals surface area (Å²) >= 11 is 0. The lowest BCUT2D eigenvalue weighted by molar-refractivity contribution is -0.146. The smallest absolute Gasteiger partial charge is 0.352 e. The Hall–Kier alpha value is -3.86. The summed E-state index contributed by atoms with van der Waals surface area (Å²) in [7, 11) is 1.92. The van der Waals surface area contributed by atoms with Gasteiger partial charge in [0.25, 0.3) is 0 Å². The number of imidazole rings is 2. The third-order valence-corrected chi connectivity index (χ3v) is 6.78. The van der Waals surface area contributed by atoms with Gasteiger partial charge in [-0.15, -0.1) is 0 Å².